The van der Waals surface area contributed by atoms with E-state index < -0.39 is 0 Å². The van der Waals surface area contributed by atoms with Crippen LogP contribution in [0, 0.1) is 10.5 Å². The molecule has 0 aliphatic carbocycles. The third-order valence-corrected chi connectivity index (χ3v) is 5.78. The summed E-state index contributed by atoms with van der Waals surface area (Å²) in [5.74, 6) is 0.254. The van der Waals surface area contributed by atoms with Gasteiger partial charge in [-0.15, -0.1) is 10.2 Å². The van der Waals surface area contributed by atoms with Crippen LogP contribution in [0.2, 0.25) is 0 Å². The SMILES string of the molecule is Cc1cc(I)ccc1NC(=O)CSc1nnc(-c2cc3ccccc3cc2O)o1. The quantitative estimate of drug-likeness (QED) is 0.278. The Morgan fingerprint density at radius 2 is 1.90 bits per heavy atom. The van der Waals surface area contributed by atoms with Crippen LogP contribution < -0.4 is 5.32 Å². The molecule has 0 unspecified atom stereocenters. The Labute approximate surface area is 184 Å². The average molecular weight is 517 g/mol. The summed E-state index contributed by atoms with van der Waals surface area (Å²) in [5.41, 5.74) is 2.24. The Balaban J connectivity index is 1.44. The molecule has 146 valence electrons. The molecule has 3 aromatic carbocycles. The van der Waals surface area contributed by atoms with Crippen molar-refractivity contribution in [2.24, 2.45) is 0 Å². The van der Waals surface area contributed by atoms with Gasteiger partial charge in [-0.05, 0) is 76.2 Å². The summed E-state index contributed by atoms with van der Waals surface area (Å²) < 4.78 is 6.75. The molecule has 0 radical (unpaired) electrons. The highest BCUT2D eigenvalue weighted by Crippen LogP contribution is 2.33. The van der Waals surface area contributed by atoms with Crippen molar-refractivity contribution < 1.29 is 14.3 Å². The normalized spacial score (nSPS) is 11.0. The molecular formula is C21H16IN3O3S. The summed E-state index contributed by atoms with van der Waals surface area (Å²) in [6, 6.07) is 17.0. The minimum atomic E-state index is -0.160. The second kappa shape index (κ2) is 8.42. The number of fused-ring (bicyclic) bond motifs is 1. The number of phenols is 1. The molecule has 0 saturated heterocycles. The van der Waals surface area contributed by atoms with Gasteiger partial charge in [0.2, 0.25) is 5.91 Å². The lowest BCUT2D eigenvalue weighted by atomic mass is 10.1. The third kappa shape index (κ3) is 4.54. The van der Waals surface area contributed by atoms with Gasteiger partial charge in [-0.25, -0.2) is 0 Å². The van der Waals surface area contributed by atoms with E-state index in [9.17, 15) is 9.90 Å². The maximum absolute atomic E-state index is 12.2. The zero-order valence-corrected chi connectivity index (χ0v) is 18.3. The number of rotatable bonds is 5. The third-order valence-electron chi connectivity index (χ3n) is 4.29. The van der Waals surface area contributed by atoms with Gasteiger partial charge in [0.25, 0.3) is 11.1 Å². The molecule has 29 heavy (non-hydrogen) atoms. The standard InChI is InChI=1S/C21H16IN3O3S/c1-12-8-15(22)6-7-17(12)23-19(27)11-29-21-25-24-20(28-21)16-9-13-4-2-3-5-14(13)10-18(16)26/h2-10,26H,11H2,1H3,(H,23,27). The number of carbonyl (C=O) groups is 1. The van der Waals surface area contributed by atoms with Gasteiger partial charge in [-0.3, -0.25) is 4.79 Å². The van der Waals surface area contributed by atoms with Crippen molar-refractivity contribution in [3.63, 3.8) is 0 Å². The van der Waals surface area contributed by atoms with Crippen LogP contribution in [-0.2, 0) is 4.79 Å². The van der Waals surface area contributed by atoms with Crippen molar-refractivity contribution in [3.8, 4) is 17.2 Å². The molecule has 2 N–H and O–H groups in total. The van der Waals surface area contributed by atoms with E-state index in [1.54, 1.807) is 12.1 Å². The fraction of sp³-hybridized carbons (Fsp3) is 0.0952. The second-order valence-corrected chi connectivity index (χ2v) is 8.56. The van der Waals surface area contributed by atoms with Gasteiger partial charge in [0.15, 0.2) is 0 Å². The van der Waals surface area contributed by atoms with E-state index >= 15 is 0 Å². The maximum Gasteiger partial charge on any atom is 0.277 e. The summed E-state index contributed by atoms with van der Waals surface area (Å²) in [7, 11) is 0. The van der Waals surface area contributed by atoms with Crippen LogP contribution in [0.4, 0.5) is 5.69 Å². The molecule has 6 nitrogen and oxygen atoms in total. The van der Waals surface area contributed by atoms with Crippen molar-refractivity contribution >= 4 is 56.7 Å². The van der Waals surface area contributed by atoms with E-state index in [4.69, 9.17) is 4.42 Å². The zero-order chi connectivity index (χ0) is 20.4. The number of benzene rings is 3. The van der Waals surface area contributed by atoms with Gasteiger partial charge in [-0.2, -0.15) is 0 Å². The minimum absolute atomic E-state index is 0.0656. The van der Waals surface area contributed by atoms with E-state index in [1.807, 2.05) is 49.4 Å². The highest BCUT2D eigenvalue weighted by atomic mass is 127. The molecule has 0 atom stereocenters. The molecule has 1 amide bonds. The molecule has 1 aromatic heterocycles. The molecule has 4 aromatic rings. The van der Waals surface area contributed by atoms with Gasteiger partial charge in [0, 0.05) is 9.26 Å². The molecule has 0 spiro atoms. The number of anilines is 1. The zero-order valence-electron chi connectivity index (χ0n) is 15.3. The summed E-state index contributed by atoms with van der Waals surface area (Å²) in [6.45, 7) is 1.95. The number of thioether (sulfide) groups is 1. The van der Waals surface area contributed by atoms with Crippen molar-refractivity contribution in [1.29, 1.82) is 0 Å². The second-order valence-electron chi connectivity index (χ2n) is 6.39. The van der Waals surface area contributed by atoms with Crippen LogP contribution in [0.25, 0.3) is 22.2 Å². The Morgan fingerprint density at radius 1 is 1.14 bits per heavy atom. The predicted octanol–water partition coefficient (Wildman–Crippen LogP) is 5.24. The van der Waals surface area contributed by atoms with Crippen LogP contribution >= 0.6 is 34.4 Å². The van der Waals surface area contributed by atoms with Crippen molar-refractivity contribution in [2.45, 2.75) is 12.1 Å². The number of halogens is 1. The number of carbonyl (C=O) groups excluding carboxylic acids is 1. The lowest BCUT2D eigenvalue weighted by molar-refractivity contribution is -0.113. The summed E-state index contributed by atoms with van der Waals surface area (Å²) in [5, 5.41) is 23.3. The molecule has 0 bridgehead atoms. The largest absolute Gasteiger partial charge is 0.507 e. The maximum atomic E-state index is 12.2. The van der Waals surface area contributed by atoms with Gasteiger partial charge < -0.3 is 14.8 Å². The first-order valence-electron chi connectivity index (χ1n) is 8.74. The van der Waals surface area contributed by atoms with Crippen molar-refractivity contribution in [1.82, 2.24) is 10.2 Å². The fourth-order valence-electron chi connectivity index (χ4n) is 2.86. The first-order valence-corrected chi connectivity index (χ1v) is 10.8. The van der Waals surface area contributed by atoms with Crippen LogP contribution in [0.1, 0.15) is 5.56 Å². The Kier molecular flexibility index (Phi) is 5.72. The van der Waals surface area contributed by atoms with E-state index in [0.717, 1.165) is 37.4 Å². The average Bonchev–Trinajstić information content (AvgIpc) is 3.17. The Morgan fingerprint density at radius 3 is 2.66 bits per heavy atom. The van der Waals surface area contributed by atoms with E-state index in [2.05, 4.69) is 38.1 Å². The number of hydrogen-bond donors (Lipinski definition) is 2. The lowest BCUT2D eigenvalue weighted by Gasteiger charge is -2.07. The number of nitrogens with zero attached hydrogens (tertiary/aromatic N) is 2. The smallest absolute Gasteiger partial charge is 0.277 e. The molecule has 4 rings (SSSR count). The molecule has 8 heteroatoms. The number of phenolic OH excluding ortho intramolecular Hbond substituents is 1. The first kappa shape index (κ1) is 19.7. The van der Waals surface area contributed by atoms with E-state index in [-0.39, 0.29) is 28.5 Å². The Bertz CT molecular complexity index is 1210. The van der Waals surface area contributed by atoms with Crippen LogP contribution in [-0.4, -0.2) is 27.0 Å². The van der Waals surface area contributed by atoms with Crippen LogP contribution in [0.3, 0.4) is 0 Å². The molecule has 0 fully saturated rings. The fourth-order valence-corrected chi connectivity index (χ4v) is 4.07. The van der Waals surface area contributed by atoms with Crippen molar-refractivity contribution in [3.05, 3.63) is 63.7 Å². The molecule has 0 saturated carbocycles. The Hall–Kier alpha value is -2.59. The number of hydrogen-bond acceptors (Lipinski definition) is 6. The van der Waals surface area contributed by atoms with E-state index in [0.29, 0.717) is 5.56 Å². The lowest BCUT2D eigenvalue weighted by Crippen LogP contribution is -2.14. The van der Waals surface area contributed by atoms with Crippen LogP contribution in [0.5, 0.6) is 5.75 Å². The van der Waals surface area contributed by atoms with E-state index in [1.165, 1.54) is 0 Å². The molecule has 1 heterocycles. The predicted molar refractivity (Wildman–Crippen MR) is 122 cm³/mol. The molecular weight excluding hydrogens is 501 g/mol. The number of aromatic nitrogens is 2. The highest BCUT2D eigenvalue weighted by Gasteiger charge is 2.15. The highest BCUT2D eigenvalue weighted by molar-refractivity contribution is 14.1. The van der Waals surface area contributed by atoms with Crippen molar-refractivity contribution in [2.75, 3.05) is 11.1 Å². The molecule has 0 aliphatic rings. The number of amides is 1. The number of aryl methyl sites for hydroxylation is 1. The summed E-state index contributed by atoms with van der Waals surface area (Å²) in [4.78, 5) is 12.2. The molecule has 0 aliphatic heterocycles. The van der Waals surface area contributed by atoms with Gasteiger partial charge in [0.1, 0.15) is 5.75 Å². The monoisotopic (exact) mass is 517 g/mol. The number of nitrogens with one attached hydrogen (secondary N) is 1. The summed E-state index contributed by atoms with van der Waals surface area (Å²) in [6.07, 6.45) is 0. The van der Waals surface area contributed by atoms with Gasteiger partial charge in [-0.1, -0.05) is 36.0 Å². The van der Waals surface area contributed by atoms with Crippen LogP contribution in [0.15, 0.2) is 64.2 Å². The summed E-state index contributed by atoms with van der Waals surface area (Å²) >= 11 is 3.38. The first-order chi connectivity index (χ1) is 14.0. The van der Waals surface area contributed by atoms with Gasteiger partial charge in [0.05, 0.1) is 11.3 Å². The minimum Gasteiger partial charge on any atom is -0.507 e. The number of aromatic hydroxyl groups is 1. The topological polar surface area (TPSA) is 88.2 Å². The van der Waals surface area contributed by atoms with Gasteiger partial charge >= 0.3 is 0 Å².